The summed E-state index contributed by atoms with van der Waals surface area (Å²) in [4.78, 5) is 4.11. The fourth-order valence-electron chi connectivity index (χ4n) is 6.61. The van der Waals surface area contributed by atoms with Crippen LogP contribution in [0, 0.1) is 49.9 Å². The van der Waals surface area contributed by atoms with Crippen molar-refractivity contribution in [1.29, 1.82) is 0 Å². The van der Waals surface area contributed by atoms with Gasteiger partial charge in [-0.05, 0) is 120 Å². The Morgan fingerprint density at radius 3 is 1.77 bits per heavy atom. The van der Waals surface area contributed by atoms with E-state index in [0.717, 1.165) is 47.1 Å². The van der Waals surface area contributed by atoms with Crippen LogP contribution in [0.4, 0.5) is 27.6 Å². The zero-order valence-corrected chi connectivity index (χ0v) is 35.8. The Kier molecular flexibility index (Phi) is 14.2. The zero-order valence-electron chi connectivity index (χ0n) is 29.7. The maximum Gasteiger partial charge on any atom is 0.137 e. The van der Waals surface area contributed by atoms with Gasteiger partial charge < -0.3 is 10.1 Å². The third-order valence-corrected chi connectivity index (χ3v) is 13.0. The molecule has 0 spiro atoms. The summed E-state index contributed by atoms with van der Waals surface area (Å²) in [6, 6.07) is 15.3. The number of benzene rings is 4. The van der Waals surface area contributed by atoms with E-state index in [0.29, 0.717) is 17.1 Å². The number of para-hydroxylation sites is 1. The first-order valence-corrected chi connectivity index (χ1v) is 21.7. The zero-order chi connectivity index (χ0) is 38.4. The Morgan fingerprint density at radius 1 is 0.717 bits per heavy atom. The third kappa shape index (κ3) is 9.34. The quantitative estimate of drug-likeness (QED) is 0.111. The van der Waals surface area contributed by atoms with Crippen LogP contribution in [-0.4, -0.2) is 16.6 Å². The fourth-order valence-corrected chi connectivity index (χ4v) is 9.81. The minimum Gasteiger partial charge on any atom is -0.665 e. The number of fused-ring (bicyclic) bond motifs is 2. The topological polar surface area (TPSA) is 55.9 Å². The van der Waals surface area contributed by atoms with E-state index in [1.54, 1.807) is 28.7 Å². The van der Waals surface area contributed by atoms with E-state index in [4.69, 9.17) is 4.74 Å². The first-order chi connectivity index (χ1) is 25.3. The van der Waals surface area contributed by atoms with E-state index >= 15 is 0 Å². The van der Waals surface area contributed by atoms with E-state index in [9.17, 15) is 27.1 Å². The van der Waals surface area contributed by atoms with Crippen molar-refractivity contribution in [2.24, 2.45) is 3.50 Å². The smallest absolute Gasteiger partial charge is 0.137 e. The number of aryl methyl sites for hydroxylation is 4. The largest absolute Gasteiger partial charge is 0.665 e. The summed E-state index contributed by atoms with van der Waals surface area (Å²) in [6.07, 6.45) is 9.46. The van der Waals surface area contributed by atoms with Gasteiger partial charge in [-0.25, -0.2) is 0 Å². The molecule has 1 N–H and O–H groups in total. The van der Waals surface area contributed by atoms with Crippen LogP contribution in [0.15, 0.2) is 61.0 Å². The molecule has 0 bridgehead atoms. The van der Waals surface area contributed by atoms with Gasteiger partial charge in [0.05, 0.1) is 4.47 Å². The Labute approximate surface area is 331 Å². The first-order valence-electron chi connectivity index (χ1n) is 17.1. The van der Waals surface area contributed by atoms with Gasteiger partial charge in [-0.15, -0.1) is 0 Å². The predicted octanol–water partition coefficient (Wildman–Crippen LogP) is 12.0. The number of methoxy groups -OCH3 is 1. The first kappa shape index (κ1) is 40.9. The van der Waals surface area contributed by atoms with E-state index in [1.165, 1.54) is 70.6 Å². The number of aromatic nitrogens is 1. The van der Waals surface area contributed by atoms with Crippen molar-refractivity contribution in [1.82, 2.24) is 4.98 Å². The molecule has 2 aliphatic rings. The molecule has 7 rings (SSSR count). The average Bonchev–Trinajstić information content (AvgIpc) is 3.55. The number of nitrogens with zero attached hydrogens (tertiary/aromatic N) is 2. The summed E-state index contributed by atoms with van der Waals surface area (Å²) < 4.78 is 78.2. The Bertz CT molecular complexity index is 2100. The van der Waals surface area contributed by atoms with Gasteiger partial charge in [0.1, 0.15) is 5.75 Å². The molecule has 280 valence electrons. The number of ether oxygens (including phenoxy) is 1. The van der Waals surface area contributed by atoms with Gasteiger partial charge >= 0.3 is 130 Å². The summed E-state index contributed by atoms with van der Waals surface area (Å²) >= 11 is 5.48. The van der Waals surface area contributed by atoms with Gasteiger partial charge in [0, 0.05) is 10.0 Å². The average molecular weight is 1030 g/mol. The molecule has 0 unspecified atom stereocenters. The minimum absolute atomic E-state index is 0.421. The molecule has 5 aromatic rings. The molecule has 0 saturated carbocycles. The van der Waals surface area contributed by atoms with Crippen LogP contribution in [0.5, 0.6) is 11.5 Å². The van der Waals surface area contributed by atoms with Crippen LogP contribution in [0.25, 0.3) is 11.1 Å². The van der Waals surface area contributed by atoms with Crippen molar-refractivity contribution in [3.8, 4) is 22.6 Å². The Balaban J connectivity index is 0.000000173. The Hall–Kier alpha value is -3.27. The normalized spacial score (nSPS) is 13.0. The fraction of sp³-hybridized carbons (Fsp3) is 0.293. The van der Waals surface area contributed by atoms with Gasteiger partial charge in [-0.3, -0.25) is 0 Å². The van der Waals surface area contributed by atoms with Crippen LogP contribution >= 0.6 is 31.9 Å². The predicted molar refractivity (Wildman–Crippen MR) is 203 cm³/mol. The SMILES string of the molecule is COc1ccccc1[CH]=[W]=[N]c1c(F)c(F)c(F)c(F)c1F.Cc1c(Br)cc2c(c1-c1c(O)c(Br)cc3c1CCCC3)CCCC2.Cc1ccc(C)[n-]1. The van der Waals surface area contributed by atoms with E-state index in [2.05, 4.69) is 59.4 Å². The molecule has 4 aromatic carbocycles. The van der Waals surface area contributed by atoms with Gasteiger partial charge in [-0.2, -0.15) is 11.4 Å². The van der Waals surface area contributed by atoms with Crippen molar-refractivity contribution >= 4 is 41.9 Å². The van der Waals surface area contributed by atoms with Crippen molar-refractivity contribution in [3.05, 3.63) is 131 Å². The van der Waals surface area contributed by atoms with Crippen LogP contribution in [0.2, 0.25) is 0 Å². The van der Waals surface area contributed by atoms with Crippen LogP contribution in [0.3, 0.4) is 0 Å². The molecule has 1 heterocycles. The molecule has 0 atom stereocenters. The standard InChI is InChI=1S/C21H22Br2O.C8H8O.C6F5N.C6H8N.W/c1-12-17(22)10-13-6-2-4-8-15(13)19(12)20-16-9-5-3-7-14(16)11-18(23)21(20)24;1-7-5-3-4-6-8(7)9-2;7-1-2(8)4(10)6(12)5(11)3(1)9;1-5-3-4-6(2)7-5;/h10-11,24H,2-9H2,1H3;1,3-6H,2H3;;3-4H,1-2H3;/q;;;-1;. The summed E-state index contributed by atoms with van der Waals surface area (Å²) in [7, 11) is 1.46. The van der Waals surface area contributed by atoms with Gasteiger partial charge in [0.2, 0.25) is 0 Å². The second-order valence-corrected chi connectivity index (χ2v) is 16.8. The number of halogens is 7. The third-order valence-electron chi connectivity index (χ3n) is 9.24. The summed E-state index contributed by atoms with van der Waals surface area (Å²) in [5.41, 5.74) is 11.1. The van der Waals surface area contributed by atoms with Crippen molar-refractivity contribution in [3.63, 3.8) is 0 Å². The van der Waals surface area contributed by atoms with Crippen LogP contribution in [-0.2, 0) is 43.6 Å². The molecule has 0 radical (unpaired) electrons. The summed E-state index contributed by atoms with van der Waals surface area (Å²) in [6.45, 7) is 6.17. The maximum absolute atomic E-state index is 13.4. The van der Waals surface area contributed by atoms with E-state index in [1.807, 2.05) is 26.0 Å². The number of rotatable bonds is 4. The molecule has 4 nitrogen and oxygen atoms in total. The van der Waals surface area contributed by atoms with Crippen molar-refractivity contribution in [2.45, 2.75) is 72.1 Å². The van der Waals surface area contributed by atoms with Crippen molar-refractivity contribution < 1.29 is 49.7 Å². The van der Waals surface area contributed by atoms with Crippen molar-refractivity contribution in [2.75, 3.05) is 7.11 Å². The number of hydrogen-bond donors (Lipinski definition) is 1. The van der Waals surface area contributed by atoms with Gasteiger partial charge in [0.25, 0.3) is 0 Å². The Morgan fingerprint density at radius 2 is 1.23 bits per heavy atom. The molecule has 0 aliphatic heterocycles. The van der Waals surface area contributed by atoms with E-state index in [-0.39, 0.29) is 0 Å². The molecular weight excluding hydrogens is 991 g/mol. The molecular formula is C41H38Br2F5N2O2W-. The molecule has 53 heavy (non-hydrogen) atoms. The molecule has 0 fully saturated rings. The second kappa shape index (κ2) is 18.4. The number of aromatic hydroxyl groups is 1. The summed E-state index contributed by atoms with van der Waals surface area (Å²) in [5.74, 6) is -9.04. The van der Waals surface area contributed by atoms with Crippen LogP contribution in [0.1, 0.15) is 70.5 Å². The van der Waals surface area contributed by atoms with E-state index < -0.39 is 52.7 Å². The molecule has 12 heteroatoms. The minimum atomic E-state index is -2.19. The van der Waals surface area contributed by atoms with Crippen LogP contribution < -0.4 is 9.72 Å². The number of phenolic OH excluding ortho intramolecular Hbond substituents is 1. The molecule has 0 amide bonds. The van der Waals surface area contributed by atoms with Gasteiger partial charge in [-0.1, -0.05) is 41.9 Å². The molecule has 1 aromatic heterocycles. The summed E-state index contributed by atoms with van der Waals surface area (Å²) in [5, 5.41) is 11.0. The molecule has 2 aliphatic carbocycles. The van der Waals surface area contributed by atoms with Gasteiger partial charge in [0.15, 0.2) is 0 Å². The molecule has 0 saturated heterocycles. The number of hydrogen-bond acceptors (Lipinski definition) is 3. The second-order valence-electron chi connectivity index (χ2n) is 12.8. The number of phenols is 1. The maximum atomic E-state index is 13.4. The monoisotopic (exact) mass is 1030 g/mol.